The average molecular weight is 349 g/mol. The molecule has 1 aromatic rings. The number of amides is 1. The number of carbonyl (C=O) groups excluding carboxylic acids is 1. The van der Waals surface area contributed by atoms with Gasteiger partial charge in [-0.25, -0.2) is 4.98 Å². The first-order chi connectivity index (χ1) is 11.9. The van der Waals surface area contributed by atoms with E-state index in [0.717, 1.165) is 44.3 Å². The van der Waals surface area contributed by atoms with Crippen LogP contribution in [-0.2, 0) is 4.79 Å². The molecular formula is C17H31N7O. The number of nitrogens with zero attached hydrogens (tertiary/aromatic N) is 4. The fourth-order valence-corrected chi connectivity index (χ4v) is 2.80. The van der Waals surface area contributed by atoms with Gasteiger partial charge in [0.05, 0.1) is 6.54 Å². The first kappa shape index (κ1) is 19.2. The van der Waals surface area contributed by atoms with Crippen LogP contribution in [0.3, 0.4) is 0 Å². The number of nitrogens with one attached hydrogen (secondary N) is 3. The zero-order chi connectivity index (χ0) is 18.3. The summed E-state index contributed by atoms with van der Waals surface area (Å²) in [5.74, 6) is 2.39. The van der Waals surface area contributed by atoms with E-state index in [4.69, 9.17) is 0 Å². The van der Waals surface area contributed by atoms with Gasteiger partial charge in [-0.2, -0.15) is 5.10 Å². The van der Waals surface area contributed by atoms with Crippen molar-refractivity contribution in [2.24, 2.45) is 10.4 Å². The number of rotatable bonds is 5. The molecule has 0 atom stereocenters. The number of piperidine rings is 1. The van der Waals surface area contributed by atoms with Gasteiger partial charge >= 0.3 is 0 Å². The Labute approximate surface area is 149 Å². The summed E-state index contributed by atoms with van der Waals surface area (Å²) in [5, 5.41) is 13.2. The topological polar surface area (TPSA) is 98.3 Å². The van der Waals surface area contributed by atoms with Crippen molar-refractivity contribution in [3.05, 3.63) is 12.2 Å². The molecule has 0 radical (unpaired) electrons. The third-order valence-corrected chi connectivity index (χ3v) is 4.29. The Morgan fingerprint density at radius 3 is 2.64 bits per heavy atom. The van der Waals surface area contributed by atoms with Gasteiger partial charge in [0, 0.05) is 37.5 Å². The normalized spacial score (nSPS) is 16.8. The molecule has 1 aromatic heterocycles. The Morgan fingerprint density at radius 2 is 2.08 bits per heavy atom. The van der Waals surface area contributed by atoms with Crippen LogP contribution in [0.25, 0.3) is 0 Å². The lowest BCUT2D eigenvalue weighted by atomic mass is 9.96. The molecule has 2 rings (SSSR count). The second-order valence-electron chi connectivity index (χ2n) is 7.37. The lowest BCUT2D eigenvalue weighted by Crippen LogP contribution is -2.46. The summed E-state index contributed by atoms with van der Waals surface area (Å²) in [6.07, 6.45) is 3.62. The van der Waals surface area contributed by atoms with Crippen molar-refractivity contribution >= 4 is 11.9 Å². The summed E-state index contributed by atoms with van der Waals surface area (Å²) < 4.78 is 0. The molecule has 0 spiro atoms. The number of hydrogen-bond acceptors (Lipinski definition) is 4. The number of H-pyrrole nitrogens is 1. The molecule has 8 nitrogen and oxygen atoms in total. The molecule has 2 heterocycles. The van der Waals surface area contributed by atoms with Crippen LogP contribution >= 0.6 is 0 Å². The zero-order valence-electron chi connectivity index (χ0n) is 15.8. The second kappa shape index (κ2) is 8.82. The van der Waals surface area contributed by atoms with Crippen LogP contribution in [0.5, 0.6) is 0 Å². The molecule has 3 N–H and O–H groups in total. The van der Waals surface area contributed by atoms with E-state index in [1.165, 1.54) is 0 Å². The quantitative estimate of drug-likeness (QED) is 0.420. The molecule has 1 fully saturated rings. The summed E-state index contributed by atoms with van der Waals surface area (Å²) in [7, 11) is 0. The molecular weight excluding hydrogens is 318 g/mol. The highest BCUT2D eigenvalue weighted by Gasteiger charge is 2.24. The van der Waals surface area contributed by atoms with E-state index < -0.39 is 0 Å². The summed E-state index contributed by atoms with van der Waals surface area (Å²) in [5.41, 5.74) is -0.364. The summed E-state index contributed by atoms with van der Waals surface area (Å²) >= 11 is 0. The minimum Gasteiger partial charge on any atom is -0.357 e. The molecule has 140 valence electrons. The molecule has 25 heavy (non-hydrogen) atoms. The van der Waals surface area contributed by atoms with Crippen molar-refractivity contribution in [1.82, 2.24) is 30.7 Å². The van der Waals surface area contributed by atoms with Crippen molar-refractivity contribution in [2.45, 2.75) is 46.5 Å². The van der Waals surface area contributed by atoms with Crippen molar-refractivity contribution < 1.29 is 4.79 Å². The van der Waals surface area contributed by atoms with Gasteiger partial charge in [0.15, 0.2) is 5.96 Å². The van der Waals surface area contributed by atoms with Crippen molar-refractivity contribution in [2.75, 3.05) is 32.7 Å². The highest BCUT2D eigenvalue weighted by Crippen LogP contribution is 2.24. The van der Waals surface area contributed by atoms with E-state index in [0.29, 0.717) is 19.0 Å². The van der Waals surface area contributed by atoms with E-state index in [2.05, 4.69) is 42.6 Å². The highest BCUT2D eigenvalue weighted by atomic mass is 16.2. The number of likely N-dealkylation sites (tertiary alicyclic amines) is 1. The number of guanidine groups is 1. The van der Waals surface area contributed by atoms with E-state index in [9.17, 15) is 4.79 Å². The Morgan fingerprint density at radius 1 is 1.36 bits per heavy atom. The molecule has 0 unspecified atom stereocenters. The van der Waals surface area contributed by atoms with Gasteiger partial charge in [0.25, 0.3) is 0 Å². The monoisotopic (exact) mass is 349 g/mol. The molecule has 8 heteroatoms. The predicted octanol–water partition coefficient (Wildman–Crippen LogP) is 1.11. The number of aromatic amines is 1. The average Bonchev–Trinajstić information content (AvgIpc) is 3.11. The van der Waals surface area contributed by atoms with Crippen molar-refractivity contribution in [3.63, 3.8) is 0 Å². The smallest absolute Gasteiger partial charge is 0.225 e. The van der Waals surface area contributed by atoms with Crippen LogP contribution in [0.15, 0.2) is 11.3 Å². The first-order valence-corrected chi connectivity index (χ1v) is 9.08. The fourth-order valence-electron chi connectivity index (χ4n) is 2.80. The Hall–Kier alpha value is -2.12. The zero-order valence-corrected chi connectivity index (χ0v) is 15.8. The molecule has 1 aliphatic rings. The summed E-state index contributed by atoms with van der Waals surface area (Å²) in [6.45, 7) is 11.6. The van der Waals surface area contributed by atoms with Gasteiger partial charge in [-0.3, -0.25) is 14.9 Å². The van der Waals surface area contributed by atoms with Crippen LogP contribution in [0.2, 0.25) is 0 Å². The lowest BCUT2D eigenvalue weighted by Gasteiger charge is -2.33. The van der Waals surface area contributed by atoms with Gasteiger partial charge in [-0.15, -0.1) is 0 Å². The Balaban J connectivity index is 1.82. The SMILES string of the molecule is CCNC(=NCCNC(=O)C(C)(C)C)N1CCC(c2ncn[nH]2)CC1. The number of carbonyl (C=O) groups is 1. The number of aromatic nitrogens is 3. The molecule has 0 bridgehead atoms. The maximum Gasteiger partial charge on any atom is 0.225 e. The molecule has 0 saturated carbocycles. The van der Waals surface area contributed by atoms with Gasteiger partial charge in [0.1, 0.15) is 12.2 Å². The summed E-state index contributed by atoms with van der Waals surface area (Å²) in [4.78, 5) is 23.1. The van der Waals surface area contributed by atoms with Crippen molar-refractivity contribution in [3.8, 4) is 0 Å². The lowest BCUT2D eigenvalue weighted by molar-refractivity contribution is -0.128. The molecule has 1 amide bonds. The predicted molar refractivity (Wildman–Crippen MR) is 98.4 cm³/mol. The molecule has 1 aliphatic heterocycles. The minimum atomic E-state index is -0.364. The number of aliphatic imine (C=N–C) groups is 1. The van der Waals surface area contributed by atoms with Gasteiger partial charge < -0.3 is 15.5 Å². The van der Waals surface area contributed by atoms with Gasteiger partial charge in [-0.05, 0) is 19.8 Å². The fraction of sp³-hybridized carbons (Fsp3) is 0.765. The van der Waals surface area contributed by atoms with Gasteiger partial charge in [-0.1, -0.05) is 20.8 Å². The maximum atomic E-state index is 11.9. The second-order valence-corrected chi connectivity index (χ2v) is 7.37. The highest BCUT2D eigenvalue weighted by molar-refractivity contribution is 5.81. The largest absolute Gasteiger partial charge is 0.357 e. The van der Waals surface area contributed by atoms with Crippen LogP contribution in [0.4, 0.5) is 0 Å². The minimum absolute atomic E-state index is 0.0561. The number of hydrogen-bond donors (Lipinski definition) is 3. The van der Waals surface area contributed by atoms with E-state index in [1.54, 1.807) is 6.33 Å². The molecule has 0 aromatic carbocycles. The Bertz CT molecular complexity index is 554. The van der Waals surface area contributed by atoms with Crippen LogP contribution in [0, 0.1) is 5.41 Å². The maximum absolute atomic E-state index is 11.9. The van der Waals surface area contributed by atoms with Crippen LogP contribution in [0.1, 0.15) is 52.3 Å². The van der Waals surface area contributed by atoms with Gasteiger partial charge in [0.2, 0.25) is 5.91 Å². The third-order valence-electron chi connectivity index (χ3n) is 4.29. The molecule has 1 saturated heterocycles. The van der Waals surface area contributed by atoms with Crippen molar-refractivity contribution in [1.29, 1.82) is 0 Å². The van der Waals surface area contributed by atoms with Crippen LogP contribution in [-0.4, -0.2) is 64.7 Å². The van der Waals surface area contributed by atoms with E-state index >= 15 is 0 Å². The van der Waals surface area contributed by atoms with E-state index in [1.807, 2.05) is 20.8 Å². The van der Waals surface area contributed by atoms with Crippen LogP contribution < -0.4 is 10.6 Å². The Kier molecular flexibility index (Phi) is 6.78. The summed E-state index contributed by atoms with van der Waals surface area (Å²) in [6, 6.07) is 0. The standard InChI is InChI=1S/C17H31N7O/c1-5-18-16(20-9-8-19-15(25)17(2,3)4)24-10-6-13(7-11-24)14-21-12-22-23-14/h12-13H,5-11H2,1-4H3,(H,18,20)(H,19,25)(H,21,22,23). The third kappa shape index (κ3) is 5.72. The van der Waals surface area contributed by atoms with E-state index in [-0.39, 0.29) is 11.3 Å². The molecule has 0 aliphatic carbocycles. The first-order valence-electron chi connectivity index (χ1n) is 9.08.